The van der Waals surface area contributed by atoms with Gasteiger partial charge in [-0.15, -0.1) is 0 Å². The second-order valence-electron chi connectivity index (χ2n) is 6.63. The molecule has 2 heterocycles. The molecule has 142 valence electrons. The van der Waals surface area contributed by atoms with E-state index in [9.17, 15) is 22.8 Å². The van der Waals surface area contributed by atoms with Crippen molar-refractivity contribution >= 4 is 11.8 Å². The van der Waals surface area contributed by atoms with E-state index < -0.39 is 24.0 Å². The molecule has 0 spiro atoms. The summed E-state index contributed by atoms with van der Waals surface area (Å²) in [5.41, 5.74) is 0. The topological polar surface area (TPSA) is 49.9 Å². The summed E-state index contributed by atoms with van der Waals surface area (Å²) in [6, 6.07) is 8.18. The number of halogens is 3. The molecule has 2 fully saturated rings. The van der Waals surface area contributed by atoms with Crippen LogP contribution in [0.3, 0.4) is 0 Å². The van der Waals surface area contributed by atoms with E-state index >= 15 is 0 Å². The molecule has 5 nitrogen and oxygen atoms in total. The number of benzene rings is 1. The Kier molecular flexibility index (Phi) is 5.38. The van der Waals surface area contributed by atoms with E-state index in [-0.39, 0.29) is 19.1 Å². The highest BCUT2D eigenvalue weighted by atomic mass is 19.4. The first-order chi connectivity index (χ1) is 12.4. The van der Waals surface area contributed by atoms with Gasteiger partial charge in [0, 0.05) is 13.1 Å². The summed E-state index contributed by atoms with van der Waals surface area (Å²) < 4.78 is 44.1. The maximum Gasteiger partial charge on any atom is 0.471 e. The van der Waals surface area contributed by atoms with Crippen LogP contribution < -0.4 is 4.74 Å². The number of para-hydroxylation sites is 1. The van der Waals surface area contributed by atoms with Crippen molar-refractivity contribution in [1.29, 1.82) is 0 Å². The highest BCUT2D eigenvalue weighted by Crippen LogP contribution is 2.28. The summed E-state index contributed by atoms with van der Waals surface area (Å²) >= 11 is 0. The molecular weight excluding hydrogens is 349 g/mol. The summed E-state index contributed by atoms with van der Waals surface area (Å²) in [7, 11) is 0. The largest absolute Gasteiger partial charge is 0.489 e. The molecule has 0 bridgehead atoms. The first-order valence-corrected chi connectivity index (χ1v) is 8.74. The summed E-state index contributed by atoms with van der Waals surface area (Å²) in [4.78, 5) is 26.5. The Hall–Kier alpha value is -2.25. The van der Waals surface area contributed by atoms with Gasteiger partial charge >= 0.3 is 12.1 Å². The lowest BCUT2D eigenvalue weighted by atomic mass is 10.1. The van der Waals surface area contributed by atoms with Crippen LogP contribution >= 0.6 is 0 Å². The fraction of sp³-hybridized carbons (Fsp3) is 0.556. The predicted octanol–water partition coefficient (Wildman–Crippen LogP) is 2.61. The van der Waals surface area contributed by atoms with Crippen LogP contribution in [0.2, 0.25) is 0 Å². The number of nitrogens with zero attached hydrogens (tertiary/aromatic N) is 2. The molecule has 2 aliphatic rings. The molecule has 2 atom stereocenters. The van der Waals surface area contributed by atoms with E-state index in [1.807, 2.05) is 30.3 Å². The number of carbonyl (C=O) groups excluding carboxylic acids is 2. The highest BCUT2D eigenvalue weighted by molar-refractivity contribution is 5.90. The number of hydrogen-bond donors (Lipinski definition) is 0. The Balaban J connectivity index is 1.64. The monoisotopic (exact) mass is 370 g/mol. The second kappa shape index (κ2) is 7.55. The van der Waals surface area contributed by atoms with E-state index in [1.165, 1.54) is 4.90 Å². The van der Waals surface area contributed by atoms with Gasteiger partial charge in [0.15, 0.2) is 0 Å². The number of ether oxygens (including phenoxy) is 1. The molecule has 2 aliphatic heterocycles. The molecule has 0 radical (unpaired) electrons. The molecule has 1 aromatic carbocycles. The van der Waals surface area contributed by atoms with Gasteiger partial charge in [0.2, 0.25) is 5.91 Å². The summed E-state index contributed by atoms with van der Waals surface area (Å²) in [5.74, 6) is -1.65. The summed E-state index contributed by atoms with van der Waals surface area (Å²) in [6.07, 6.45) is -3.01. The van der Waals surface area contributed by atoms with Crippen molar-refractivity contribution < 1.29 is 27.5 Å². The Morgan fingerprint density at radius 1 is 1.04 bits per heavy atom. The van der Waals surface area contributed by atoms with Crippen molar-refractivity contribution in [3.05, 3.63) is 30.3 Å². The first-order valence-electron chi connectivity index (χ1n) is 8.74. The minimum absolute atomic E-state index is 0.0352. The minimum atomic E-state index is -4.95. The molecule has 1 aromatic rings. The molecule has 8 heteroatoms. The van der Waals surface area contributed by atoms with Crippen molar-refractivity contribution in [2.45, 2.75) is 44.0 Å². The molecule has 26 heavy (non-hydrogen) atoms. The van der Waals surface area contributed by atoms with Gasteiger partial charge in [-0.05, 0) is 37.8 Å². The highest BCUT2D eigenvalue weighted by Gasteiger charge is 2.48. The zero-order chi connectivity index (χ0) is 18.7. The van der Waals surface area contributed by atoms with Crippen molar-refractivity contribution in [3.63, 3.8) is 0 Å². The Morgan fingerprint density at radius 3 is 2.42 bits per heavy atom. The van der Waals surface area contributed by atoms with Gasteiger partial charge in [0.05, 0.1) is 6.54 Å². The maximum absolute atomic E-state index is 12.7. The Morgan fingerprint density at radius 2 is 1.73 bits per heavy atom. The zero-order valence-corrected chi connectivity index (χ0v) is 14.2. The van der Waals surface area contributed by atoms with Gasteiger partial charge in [-0.1, -0.05) is 18.2 Å². The molecule has 2 saturated heterocycles. The smallest absolute Gasteiger partial charge is 0.471 e. The van der Waals surface area contributed by atoms with E-state index in [0.717, 1.165) is 6.42 Å². The van der Waals surface area contributed by atoms with Crippen LogP contribution in [-0.2, 0) is 9.59 Å². The van der Waals surface area contributed by atoms with E-state index in [1.54, 1.807) is 0 Å². The Bertz CT molecular complexity index is 651. The zero-order valence-electron chi connectivity index (χ0n) is 14.2. The lowest BCUT2D eigenvalue weighted by Gasteiger charge is -2.36. The number of likely N-dealkylation sites (tertiary alicyclic amines) is 2. The third-order valence-electron chi connectivity index (χ3n) is 4.78. The third-order valence-corrected chi connectivity index (χ3v) is 4.78. The van der Waals surface area contributed by atoms with Gasteiger partial charge in [-0.3, -0.25) is 9.59 Å². The number of rotatable bonds is 3. The fourth-order valence-electron chi connectivity index (χ4n) is 3.57. The summed E-state index contributed by atoms with van der Waals surface area (Å²) in [6.45, 7) is 0.753. The van der Waals surface area contributed by atoms with Crippen molar-refractivity contribution in [1.82, 2.24) is 9.80 Å². The van der Waals surface area contributed by atoms with Crippen molar-refractivity contribution in [3.8, 4) is 5.75 Å². The minimum Gasteiger partial charge on any atom is -0.489 e. The molecule has 2 amide bonds. The van der Waals surface area contributed by atoms with Crippen LogP contribution in [0.25, 0.3) is 0 Å². The van der Waals surface area contributed by atoms with E-state index in [0.29, 0.717) is 36.6 Å². The molecular formula is C18H21F3N2O3. The standard InChI is InChI=1S/C18H21F3N2O3/c19-18(20,21)17(25)23-11-5-9-15(23)16(24)22-10-4-8-14(12-22)26-13-6-2-1-3-7-13/h1-3,6-7,14-15H,4-5,8-12H2. The molecule has 0 N–H and O–H groups in total. The van der Waals surface area contributed by atoms with Crippen LogP contribution in [0.5, 0.6) is 5.75 Å². The van der Waals surface area contributed by atoms with Crippen LogP contribution in [-0.4, -0.2) is 59.6 Å². The average molecular weight is 370 g/mol. The SMILES string of the molecule is O=C(C1CCCN1C(=O)C(F)(F)F)N1CCCC(Oc2ccccc2)C1. The lowest BCUT2D eigenvalue weighted by molar-refractivity contribution is -0.187. The number of hydrogen-bond acceptors (Lipinski definition) is 3. The molecule has 0 saturated carbocycles. The predicted molar refractivity (Wildman–Crippen MR) is 87.5 cm³/mol. The average Bonchev–Trinajstić information content (AvgIpc) is 3.10. The van der Waals surface area contributed by atoms with Gasteiger partial charge in [0.1, 0.15) is 17.9 Å². The van der Waals surface area contributed by atoms with E-state index in [2.05, 4.69) is 0 Å². The first kappa shape index (κ1) is 18.5. The molecule has 0 aliphatic carbocycles. The normalized spacial score (nSPS) is 23.8. The van der Waals surface area contributed by atoms with Gasteiger partial charge < -0.3 is 14.5 Å². The van der Waals surface area contributed by atoms with Crippen molar-refractivity contribution in [2.24, 2.45) is 0 Å². The third kappa shape index (κ3) is 4.11. The molecule has 0 aromatic heterocycles. The summed E-state index contributed by atoms with van der Waals surface area (Å²) in [5, 5.41) is 0. The second-order valence-corrected chi connectivity index (χ2v) is 6.63. The van der Waals surface area contributed by atoms with Crippen LogP contribution in [0.15, 0.2) is 30.3 Å². The Labute approximate surface area is 149 Å². The van der Waals surface area contributed by atoms with Crippen molar-refractivity contribution in [2.75, 3.05) is 19.6 Å². The van der Waals surface area contributed by atoms with Crippen LogP contribution in [0, 0.1) is 0 Å². The molecule has 2 unspecified atom stereocenters. The maximum atomic E-state index is 12.7. The quantitative estimate of drug-likeness (QED) is 0.822. The number of alkyl halides is 3. The van der Waals surface area contributed by atoms with Gasteiger partial charge in [-0.2, -0.15) is 13.2 Å². The lowest BCUT2D eigenvalue weighted by Crippen LogP contribution is -2.54. The number of carbonyl (C=O) groups is 2. The van der Waals surface area contributed by atoms with Crippen LogP contribution in [0.4, 0.5) is 13.2 Å². The molecule has 3 rings (SSSR count). The van der Waals surface area contributed by atoms with Crippen LogP contribution in [0.1, 0.15) is 25.7 Å². The van der Waals surface area contributed by atoms with Gasteiger partial charge in [-0.25, -0.2) is 0 Å². The van der Waals surface area contributed by atoms with Gasteiger partial charge in [0.25, 0.3) is 0 Å². The number of piperidine rings is 1. The van der Waals surface area contributed by atoms with E-state index in [4.69, 9.17) is 4.74 Å². The fourth-order valence-corrected chi connectivity index (χ4v) is 3.57. The number of amides is 2.